The summed E-state index contributed by atoms with van der Waals surface area (Å²) >= 11 is 0. The van der Waals surface area contributed by atoms with Gasteiger partial charge in [-0.3, -0.25) is 4.90 Å². The Balaban J connectivity index is 0.00000204. The molecule has 2 fully saturated rings. The van der Waals surface area contributed by atoms with Gasteiger partial charge in [-0.2, -0.15) is 0 Å². The molecule has 164 valence electrons. The number of nitrogens with one attached hydrogen (secondary N) is 1. The lowest BCUT2D eigenvalue weighted by Crippen LogP contribution is -2.51. The molecule has 6 N–H and O–H groups in total. The van der Waals surface area contributed by atoms with Crippen molar-refractivity contribution in [3.63, 3.8) is 0 Å². The molecule has 2 aliphatic rings. The van der Waals surface area contributed by atoms with Gasteiger partial charge in [-0.1, -0.05) is 32.6 Å². The van der Waals surface area contributed by atoms with Crippen molar-refractivity contribution in [3.05, 3.63) is 59.0 Å². The minimum absolute atomic E-state index is 0.0179. The first kappa shape index (κ1) is 24.7. The van der Waals surface area contributed by atoms with Crippen molar-refractivity contribution in [2.75, 3.05) is 46.4 Å². The van der Waals surface area contributed by atoms with Gasteiger partial charge < -0.3 is 31.5 Å². The molecule has 0 aromatic rings. The van der Waals surface area contributed by atoms with Gasteiger partial charge in [0.1, 0.15) is 11.6 Å². The van der Waals surface area contributed by atoms with Crippen molar-refractivity contribution in [1.82, 2.24) is 15.1 Å². The molecule has 2 aliphatic heterocycles. The Kier molecular flexibility index (Phi) is 9.85. The summed E-state index contributed by atoms with van der Waals surface area (Å²) in [6.45, 7) is 20.2. The number of nitrogens with two attached hydrogens (primary N) is 2. The van der Waals surface area contributed by atoms with Gasteiger partial charge in [0.15, 0.2) is 5.88 Å². The number of aliphatic hydroxyl groups excluding tert-OH is 1. The van der Waals surface area contributed by atoms with Crippen LogP contribution in [0.1, 0.15) is 27.7 Å². The van der Waals surface area contributed by atoms with E-state index in [1.54, 1.807) is 13.2 Å². The lowest BCUT2D eigenvalue weighted by Gasteiger charge is -2.36. The third kappa shape index (κ3) is 6.58. The number of ether oxygens (including phenoxy) is 1. The molecule has 0 aliphatic carbocycles. The molecule has 0 aromatic carbocycles. The number of aliphatic hydroxyl groups is 1. The summed E-state index contributed by atoms with van der Waals surface area (Å²) in [4.78, 5) is 4.43. The van der Waals surface area contributed by atoms with Crippen molar-refractivity contribution in [1.29, 1.82) is 0 Å². The smallest absolute Gasteiger partial charge is 0.188 e. The number of rotatable bonds is 6. The fourth-order valence-electron chi connectivity index (χ4n) is 3.51. The molecule has 7 heteroatoms. The molecule has 7 nitrogen and oxygen atoms in total. The monoisotopic (exact) mass is 405 g/mol. The van der Waals surface area contributed by atoms with E-state index in [-0.39, 0.29) is 5.76 Å². The summed E-state index contributed by atoms with van der Waals surface area (Å²) < 4.78 is 5.32. The van der Waals surface area contributed by atoms with Gasteiger partial charge in [0.25, 0.3) is 0 Å². The predicted molar refractivity (Wildman–Crippen MR) is 121 cm³/mol. The first-order chi connectivity index (χ1) is 13.7. The molecule has 2 rings (SSSR count). The zero-order chi connectivity index (χ0) is 22.1. The van der Waals surface area contributed by atoms with E-state index in [1.807, 2.05) is 20.8 Å². The fraction of sp³-hybridized carbons (Fsp3) is 0.545. The lowest BCUT2D eigenvalue weighted by molar-refractivity contribution is 0.218. The van der Waals surface area contributed by atoms with Crippen LogP contribution in [0.15, 0.2) is 59.0 Å². The first-order valence-corrected chi connectivity index (χ1v) is 10.2. The molecular weight excluding hydrogens is 366 g/mol. The third-order valence-electron chi connectivity index (χ3n) is 5.05. The van der Waals surface area contributed by atoms with Crippen molar-refractivity contribution in [2.24, 2.45) is 11.5 Å². The number of allylic oxidation sites excluding steroid dienone is 1. The highest BCUT2D eigenvalue weighted by Crippen LogP contribution is 2.29. The molecular formula is C22H39N5O2. The molecule has 2 heterocycles. The second-order valence-corrected chi connectivity index (χ2v) is 7.24. The van der Waals surface area contributed by atoms with Crippen molar-refractivity contribution in [2.45, 2.75) is 33.7 Å². The van der Waals surface area contributed by atoms with Crippen LogP contribution in [0.4, 0.5) is 0 Å². The normalized spacial score (nSPS) is 23.8. The van der Waals surface area contributed by atoms with Crippen LogP contribution < -0.4 is 16.8 Å². The van der Waals surface area contributed by atoms with Gasteiger partial charge >= 0.3 is 0 Å². The van der Waals surface area contributed by atoms with Gasteiger partial charge in [0.2, 0.25) is 0 Å². The van der Waals surface area contributed by atoms with Crippen LogP contribution in [-0.4, -0.2) is 67.3 Å². The summed E-state index contributed by atoms with van der Waals surface area (Å²) in [5.74, 6) is 1.17. The number of likely N-dealkylation sites (tertiary alicyclic amines) is 1. The zero-order valence-corrected chi connectivity index (χ0v) is 18.7. The number of nitrogens with zero attached hydrogens (tertiary/aromatic N) is 2. The highest BCUT2D eigenvalue weighted by atomic mass is 16.5. The van der Waals surface area contributed by atoms with Crippen LogP contribution in [-0.2, 0) is 4.74 Å². The summed E-state index contributed by atoms with van der Waals surface area (Å²) in [6.07, 6.45) is 1.65. The highest BCUT2D eigenvalue weighted by molar-refractivity contribution is 5.43. The third-order valence-corrected chi connectivity index (χ3v) is 5.05. The Hall–Kier alpha value is -2.38. The molecule has 0 spiro atoms. The number of hydrogen-bond donors (Lipinski definition) is 4. The Bertz CT molecular complexity index is 693. The molecule has 0 radical (unpaired) electrons. The van der Waals surface area contributed by atoms with Crippen molar-refractivity contribution >= 4 is 0 Å². The molecule has 1 atom stereocenters. The first-order valence-electron chi connectivity index (χ1n) is 10.2. The van der Waals surface area contributed by atoms with Crippen LogP contribution in [0, 0.1) is 0 Å². The maximum atomic E-state index is 9.54. The Morgan fingerprint density at radius 1 is 1.28 bits per heavy atom. The molecule has 1 unspecified atom stereocenters. The Morgan fingerprint density at radius 2 is 1.90 bits per heavy atom. The molecule has 0 aromatic heterocycles. The summed E-state index contributed by atoms with van der Waals surface area (Å²) in [7, 11) is 1.57. The predicted octanol–water partition coefficient (Wildman–Crippen LogP) is 2.18. The maximum Gasteiger partial charge on any atom is 0.188 e. The van der Waals surface area contributed by atoms with E-state index in [1.165, 1.54) is 0 Å². The van der Waals surface area contributed by atoms with E-state index in [0.717, 1.165) is 47.7 Å². The topological polar surface area (TPSA) is 100 Å². The van der Waals surface area contributed by atoms with E-state index in [2.05, 4.69) is 35.2 Å². The summed E-state index contributed by atoms with van der Waals surface area (Å²) in [5, 5.41) is 12.9. The van der Waals surface area contributed by atoms with Crippen molar-refractivity contribution in [3.8, 4) is 0 Å². The second kappa shape index (κ2) is 11.6. The van der Waals surface area contributed by atoms with Crippen LogP contribution >= 0.6 is 0 Å². The van der Waals surface area contributed by atoms with E-state index in [4.69, 9.17) is 16.2 Å². The van der Waals surface area contributed by atoms with Gasteiger partial charge in [-0.15, -0.1) is 0 Å². The number of piperazine rings is 1. The van der Waals surface area contributed by atoms with Gasteiger partial charge in [-0.05, 0) is 25.5 Å². The van der Waals surface area contributed by atoms with Crippen molar-refractivity contribution < 1.29 is 9.84 Å². The fourth-order valence-corrected chi connectivity index (χ4v) is 3.51. The van der Waals surface area contributed by atoms with E-state index in [9.17, 15) is 5.11 Å². The van der Waals surface area contributed by atoms with Gasteiger partial charge in [-0.25, -0.2) is 0 Å². The summed E-state index contributed by atoms with van der Waals surface area (Å²) in [5.41, 5.74) is 16.4. The number of hydrogen-bond acceptors (Lipinski definition) is 7. The SMILES string of the molecule is C=C(O)/C=C(/CN1CC(=C(/N)OC)/C(=C(\N)N2CCNCC2C)C1)C(=C)C.CC. The van der Waals surface area contributed by atoms with Gasteiger partial charge in [0, 0.05) is 56.5 Å². The average molecular weight is 406 g/mol. The minimum atomic E-state index is 0.0179. The molecule has 0 amide bonds. The van der Waals surface area contributed by atoms with Crippen LogP contribution in [0.5, 0.6) is 0 Å². The molecule has 0 saturated carbocycles. The summed E-state index contributed by atoms with van der Waals surface area (Å²) in [6, 6.07) is 0.314. The van der Waals surface area contributed by atoms with Crippen LogP contribution in [0.25, 0.3) is 0 Å². The molecule has 0 bridgehead atoms. The quantitative estimate of drug-likeness (QED) is 0.397. The van der Waals surface area contributed by atoms with Crippen LogP contribution in [0.2, 0.25) is 0 Å². The lowest BCUT2D eigenvalue weighted by atomic mass is 10.1. The molecule has 29 heavy (non-hydrogen) atoms. The average Bonchev–Trinajstić information content (AvgIpc) is 3.11. The molecule has 2 saturated heterocycles. The number of methoxy groups -OCH3 is 1. The van der Waals surface area contributed by atoms with Crippen LogP contribution in [0.3, 0.4) is 0 Å². The zero-order valence-electron chi connectivity index (χ0n) is 18.7. The highest BCUT2D eigenvalue weighted by Gasteiger charge is 2.31. The van der Waals surface area contributed by atoms with E-state index in [0.29, 0.717) is 31.6 Å². The second-order valence-electron chi connectivity index (χ2n) is 7.24. The maximum absolute atomic E-state index is 9.54. The Morgan fingerprint density at radius 3 is 2.41 bits per heavy atom. The van der Waals surface area contributed by atoms with E-state index >= 15 is 0 Å². The minimum Gasteiger partial charge on any atom is -0.509 e. The Labute approximate surface area is 176 Å². The van der Waals surface area contributed by atoms with E-state index < -0.39 is 0 Å². The van der Waals surface area contributed by atoms with Gasteiger partial charge in [0.05, 0.1) is 7.11 Å². The standard InChI is InChI=1S/C20H33N5O2.C2H6/c1-13(2)16(8-15(4)26)10-24-11-17(18(12-24)20(22)27-5)19(21)25-7-6-23-9-14(25)3;1-2/h8,14,23,26H,1,4,6-7,9-12,21-22H2,2-3,5H3;1-2H3/b16-8-,19-17+,20-18+;. The largest absolute Gasteiger partial charge is 0.509 e.